The van der Waals surface area contributed by atoms with Crippen molar-refractivity contribution in [2.75, 3.05) is 0 Å². The van der Waals surface area contributed by atoms with Gasteiger partial charge in [-0.3, -0.25) is 4.68 Å². The van der Waals surface area contributed by atoms with Gasteiger partial charge in [0.1, 0.15) is 0 Å². The molecule has 0 amide bonds. The van der Waals surface area contributed by atoms with Crippen LogP contribution >= 0.6 is 11.3 Å². The van der Waals surface area contributed by atoms with E-state index < -0.39 is 6.10 Å². The summed E-state index contributed by atoms with van der Waals surface area (Å²) in [5.41, 5.74) is 3.85. The Morgan fingerprint density at radius 1 is 1.56 bits per heavy atom. The minimum Gasteiger partial charge on any atom is -0.387 e. The molecular formula is C11H15N3OS. The van der Waals surface area contributed by atoms with Crippen molar-refractivity contribution in [3.8, 4) is 0 Å². The van der Waals surface area contributed by atoms with Gasteiger partial charge in [0.05, 0.1) is 22.2 Å². The van der Waals surface area contributed by atoms with Gasteiger partial charge in [0.15, 0.2) is 0 Å². The van der Waals surface area contributed by atoms with Gasteiger partial charge in [-0.05, 0) is 25.8 Å². The topological polar surface area (TPSA) is 50.9 Å². The van der Waals surface area contributed by atoms with Crippen LogP contribution in [-0.4, -0.2) is 19.9 Å². The number of aliphatic hydroxyl groups excluding tert-OH is 1. The second-order valence-corrected chi connectivity index (χ2v) is 4.69. The van der Waals surface area contributed by atoms with Crippen molar-refractivity contribution >= 4 is 11.3 Å². The second kappa shape index (κ2) is 4.76. The molecule has 0 spiro atoms. The Kier molecular flexibility index (Phi) is 3.36. The Morgan fingerprint density at radius 3 is 2.94 bits per heavy atom. The van der Waals surface area contributed by atoms with Crippen LogP contribution in [0.2, 0.25) is 0 Å². The summed E-state index contributed by atoms with van der Waals surface area (Å²) in [5.74, 6) is 0. The minimum absolute atomic E-state index is 0.414. The highest BCUT2D eigenvalue weighted by Gasteiger charge is 2.13. The molecule has 0 aliphatic rings. The molecule has 16 heavy (non-hydrogen) atoms. The van der Waals surface area contributed by atoms with Crippen molar-refractivity contribution in [1.82, 2.24) is 14.8 Å². The summed E-state index contributed by atoms with van der Waals surface area (Å²) in [7, 11) is 1.92. The largest absolute Gasteiger partial charge is 0.387 e. The first kappa shape index (κ1) is 11.3. The number of aromatic nitrogens is 3. The first-order valence-corrected chi connectivity index (χ1v) is 6.11. The molecule has 1 N–H and O–H groups in total. The van der Waals surface area contributed by atoms with Gasteiger partial charge in [-0.1, -0.05) is 0 Å². The molecule has 2 aromatic rings. The molecule has 2 rings (SSSR count). The highest BCUT2D eigenvalue weighted by Crippen LogP contribution is 2.25. The molecule has 2 heterocycles. The quantitative estimate of drug-likeness (QED) is 0.883. The third-order valence-corrected chi connectivity index (χ3v) is 3.71. The molecular weight excluding hydrogens is 222 g/mol. The maximum absolute atomic E-state index is 10.0. The fourth-order valence-electron chi connectivity index (χ4n) is 1.69. The van der Waals surface area contributed by atoms with E-state index in [1.165, 1.54) is 11.3 Å². The van der Waals surface area contributed by atoms with Crippen LogP contribution in [-0.2, 0) is 13.5 Å². The maximum atomic E-state index is 10.0. The SMILES string of the molecule is Cc1ncsc1C(O)CCc1ccnn1C. The summed E-state index contributed by atoms with van der Waals surface area (Å²) in [6.45, 7) is 1.93. The molecule has 0 fully saturated rings. The van der Waals surface area contributed by atoms with Gasteiger partial charge in [-0.15, -0.1) is 11.3 Å². The zero-order valence-corrected chi connectivity index (χ0v) is 10.2. The van der Waals surface area contributed by atoms with Gasteiger partial charge < -0.3 is 5.11 Å². The summed E-state index contributed by atoms with van der Waals surface area (Å²) >= 11 is 1.52. The number of hydrogen-bond acceptors (Lipinski definition) is 4. The Morgan fingerprint density at radius 2 is 2.38 bits per heavy atom. The van der Waals surface area contributed by atoms with Gasteiger partial charge in [0.25, 0.3) is 0 Å². The molecule has 86 valence electrons. The van der Waals surface area contributed by atoms with Gasteiger partial charge in [-0.2, -0.15) is 5.10 Å². The van der Waals surface area contributed by atoms with Crippen molar-refractivity contribution in [2.24, 2.45) is 7.05 Å². The lowest BCUT2D eigenvalue weighted by Gasteiger charge is -2.09. The van der Waals surface area contributed by atoms with Crippen LogP contribution in [0, 0.1) is 6.92 Å². The third kappa shape index (κ3) is 2.31. The van der Waals surface area contributed by atoms with Crippen molar-refractivity contribution in [2.45, 2.75) is 25.9 Å². The van der Waals surface area contributed by atoms with E-state index in [4.69, 9.17) is 0 Å². The van der Waals surface area contributed by atoms with E-state index in [1.54, 1.807) is 11.7 Å². The summed E-state index contributed by atoms with van der Waals surface area (Å²) in [6, 6.07) is 1.98. The number of aryl methyl sites for hydroxylation is 3. The van der Waals surface area contributed by atoms with Crippen molar-refractivity contribution in [3.63, 3.8) is 0 Å². The van der Waals surface area contributed by atoms with Crippen molar-refractivity contribution in [3.05, 3.63) is 34.0 Å². The monoisotopic (exact) mass is 237 g/mol. The highest BCUT2D eigenvalue weighted by atomic mass is 32.1. The molecule has 1 atom stereocenters. The average molecular weight is 237 g/mol. The van der Waals surface area contributed by atoms with Crippen LogP contribution in [0.25, 0.3) is 0 Å². The van der Waals surface area contributed by atoms with Crippen molar-refractivity contribution < 1.29 is 5.11 Å². The van der Waals surface area contributed by atoms with E-state index >= 15 is 0 Å². The average Bonchev–Trinajstić information content (AvgIpc) is 2.84. The Balaban J connectivity index is 1.97. The smallest absolute Gasteiger partial charge is 0.0904 e. The first-order chi connectivity index (χ1) is 7.68. The van der Waals surface area contributed by atoms with Gasteiger partial charge in [0, 0.05) is 18.9 Å². The molecule has 0 aromatic carbocycles. The Bertz CT molecular complexity index is 463. The van der Waals surface area contributed by atoms with Crippen LogP contribution in [0.5, 0.6) is 0 Å². The van der Waals surface area contributed by atoms with Crippen LogP contribution in [0.1, 0.15) is 28.8 Å². The van der Waals surface area contributed by atoms with E-state index in [0.29, 0.717) is 6.42 Å². The summed E-state index contributed by atoms with van der Waals surface area (Å²) in [6.07, 6.45) is 2.90. The minimum atomic E-state index is -0.414. The molecule has 0 bridgehead atoms. The number of thiazole rings is 1. The van der Waals surface area contributed by atoms with E-state index in [-0.39, 0.29) is 0 Å². The summed E-state index contributed by atoms with van der Waals surface area (Å²) in [5, 5.41) is 14.1. The standard InChI is InChI=1S/C11H15N3OS/c1-8-11(16-7-12-8)10(15)4-3-9-5-6-13-14(9)2/h5-7,10,15H,3-4H2,1-2H3. The van der Waals surface area contributed by atoms with E-state index in [9.17, 15) is 5.11 Å². The van der Waals surface area contributed by atoms with Gasteiger partial charge in [-0.25, -0.2) is 4.98 Å². The Labute approximate surface area is 98.6 Å². The molecule has 0 radical (unpaired) electrons. The normalized spacial score (nSPS) is 12.9. The summed E-state index contributed by atoms with van der Waals surface area (Å²) < 4.78 is 1.84. The second-order valence-electron chi connectivity index (χ2n) is 3.80. The molecule has 4 nitrogen and oxygen atoms in total. The number of nitrogens with zero attached hydrogens (tertiary/aromatic N) is 3. The molecule has 5 heteroatoms. The maximum Gasteiger partial charge on any atom is 0.0904 e. The Hall–Kier alpha value is -1.20. The van der Waals surface area contributed by atoms with Crippen LogP contribution < -0.4 is 0 Å². The van der Waals surface area contributed by atoms with Gasteiger partial charge in [0.2, 0.25) is 0 Å². The fourth-order valence-corrected chi connectivity index (χ4v) is 2.52. The molecule has 2 aromatic heterocycles. The van der Waals surface area contributed by atoms with Crippen LogP contribution in [0.4, 0.5) is 0 Å². The zero-order valence-electron chi connectivity index (χ0n) is 9.42. The predicted molar refractivity (Wildman–Crippen MR) is 63.3 cm³/mol. The molecule has 0 saturated carbocycles. The van der Waals surface area contributed by atoms with Crippen LogP contribution in [0.3, 0.4) is 0 Å². The zero-order chi connectivity index (χ0) is 11.5. The number of aliphatic hydroxyl groups is 1. The van der Waals surface area contributed by atoms with Gasteiger partial charge >= 0.3 is 0 Å². The predicted octanol–water partition coefficient (Wildman–Crippen LogP) is 1.85. The number of rotatable bonds is 4. The molecule has 1 unspecified atom stereocenters. The van der Waals surface area contributed by atoms with Crippen molar-refractivity contribution in [1.29, 1.82) is 0 Å². The first-order valence-electron chi connectivity index (χ1n) is 5.23. The molecule has 0 aliphatic heterocycles. The molecule has 0 aliphatic carbocycles. The van der Waals surface area contributed by atoms with Crippen LogP contribution in [0.15, 0.2) is 17.8 Å². The highest BCUT2D eigenvalue weighted by molar-refractivity contribution is 7.09. The third-order valence-electron chi connectivity index (χ3n) is 2.68. The van der Waals surface area contributed by atoms with E-state index in [2.05, 4.69) is 10.1 Å². The lowest BCUT2D eigenvalue weighted by atomic mass is 10.1. The lowest BCUT2D eigenvalue weighted by molar-refractivity contribution is 0.170. The fraction of sp³-hybridized carbons (Fsp3) is 0.455. The molecule has 0 saturated heterocycles. The van der Waals surface area contributed by atoms with E-state index in [0.717, 1.165) is 22.7 Å². The summed E-state index contributed by atoms with van der Waals surface area (Å²) in [4.78, 5) is 5.12. The number of hydrogen-bond donors (Lipinski definition) is 1. The lowest BCUT2D eigenvalue weighted by Crippen LogP contribution is -2.03. The van der Waals surface area contributed by atoms with E-state index in [1.807, 2.05) is 24.7 Å².